The van der Waals surface area contributed by atoms with E-state index in [2.05, 4.69) is 32.0 Å². The Bertz CT molecular complexity index is 467. The van der Waals surface area contributed by atoms with E-state index in [4.69, 9.17) is 23.6 Å². The van der Waals surface area contributed by atoms with E-state index in [0.29, 0.717) is 0 Å². The summed E-state index contributed by atoms with van der Waals surface area (Å²) in [5, 5.41) is 0. The molecular formula is C21H40Cl2N2SiTi-2. The van der Waals surface area contributed by atoms with Gasteiger partial charge in [0.15, 0.2) is 0 Å². The van der Waals surface area contributed by atoms with Crippen LogP contribution in [0.25, 0.3) is 4.98 Å². The Labute approximate surface area is 186 Å². The second-order valence-electron chi connectivity index (χ2n) is 9.50. The predicted molar refractivity (Wildman–Crippen MR) is 119 cm³/mol. The maximum absolute atomic E-state index is 5.05. The van der Waals surface area contributed by atoms with Gasteiger partial charge in [0.1, 0.15) is 0 Å². The third kappa shape index (κ3) is 4.55. The minimum absolute atomic E-state index is 0. The van der Waals surface area contributed by atoms with Crippen LogP contribution in [0.15, 0.2) is 0 Å². The van der Waals surface area contributed by atoms with Crippen molar-refractivity contribution >= 4 is 26.8 Å². The van der Waals surface area contributed by atoms with Gasteiger partial charge in [0.2, 0.25) is 0 Å². The second kappa shape index (κ2) is 10.6. The van der Waals surface area contributed by atoms with Crippen LogP contribution in [0.3, 0.4) is 0 Å². The van der Waals surface area contributed by atoms with Gasteiger partial charge in [-0.15, -0.1) is 0 Å². The number of hydrogen-bond acceptors (Lipinski definition) is 1. The van der Waals surface area contributed by atoms with E-state index in [0.717, 1.165) is 41.3 Å². The van der Waals surface area contributed by atoms with E-state index in [1.165, 1.54) is 57.9 Å². The first-order valence-corrected chi connectivity index (χ1v) is 18.2. The molecule has 4 rings (SSSR count). The average molecular weight is 467 g/mol. The number of rotatable bonds is 3. The molecule has 0 bridgehead atoms. The number of halogens is 2. The SMILES string of the molecule is CCN1C2CCCCC2C2C3CCCCC3C([Si](C)(C)[N-]C)C21.[CH3-].[Cl][Ti][Cl]. The van der Waals surface area contributed by atoms with Gasteiger partial charge in [0.25, 0.3) is 0 Å². The second-order valence-corrected chi connectivity index (χ2v) is 16.5. The van der Waals surface area contributed by atoms with Crippen molar-refractivity contribution in [2.75, 3.05) is 13.6 Å². The quantitative estimate of drug-likeness (QED) is 0.320. The molecule has 3 aliphatic carbocycles. The van der Waals surface area contributed by atoms with Crippen molar-refractivity contribution in [3.63, 3.8) is 0 Å². The zero-order valence-corrected chi connectivity index (χ0v) is 22.1. The van der Waals surface area contributed by atoms with Crippen LogP contribution in [0, 0.1) is 31.1 Å². The molecule has 0 aromatic heterocycles. The van der Waals surface area contributed by atoms with Gasteiger partial charge in [-0.05, 0) is 55.0 Å². The summed E-state index contributed by atoms with van der Waals surface area (Å²) >= 11 is -0.556. The molecule has 2 nitrogen and oxygen atoms in total. The molecule has 4 aliphatic rings. The Morgan fingerprint density at radius 1 is 0.963 bits per heavy atom. The van der Waals surface area contributed by atoms with Crippen LogP contribution in [0.1, 0.15) is 58.3 Å². The van der Waals surface area contributed by atoms with E-state index >= 15 is 0 Å². The molecule has 0 amide bonds. The molecule has 7 unspecified atom stereocenters. The van der Waals surface area contributed by atoms with Gasteiger partial charge in [0, 0.05) is 12.1 Å². The fourth-order valence-corrected chi connectivity index (χ4v) is 10.6. The Balaban J connectivity index is 0.000000614. The molecule has 0 radical (unpaired) electrons. The van der Waals surface area contributed by atoms with Crippen LogP contribution in [-0.2, 0) is 17.0 Å². The van der Waals surface area contributed by atoms with Crippen molar-refractivity contribution in [1.82, 2.24) is 4.90 Å². The zero-order valence-electron chi connectivity index (χ0n) is 18.1. The monoisotopic (exact) mass is 466 g/mol. The van der Waals surface area contributed by atoms with Gasteiger partial charge >= 0.3 is 35.6 Å². The predicted octanol–water partition coefficient (Wildman–Crippen LogP) is 7.09. The standard InChI is InChI=1S/C20H37N2Si.CH3.2ClH.Ti/c1-5-22-17-13-9-8-12-16(17)18-14-10-6-7-11-15(14)20(19(18)22)23(3,4)21-2;;;;/h14-20H,5-13H2,1-4H3;1H3;2*1H;/q2*-1;;;+2/p-2. The average Bonchev–Trinajstić information content (AvgIpc) is 3.14. The minimum atomic E-state index is -1.48. The molecule has 158 valence electrons. The topological polar surface area (TPSA) is 17.3 Å². The van der Waals surface area contributed by atoms with Gasteiger partial charge in [-0.25, -0.2) is 0 Å². The Morgan fingerprint density at radius 2 is 1.48 bits per heavy atom. The number of hydrogen-bond donors (Lipinski definition) is 0. The fraction of sp³-hybridized carbons (Fsp3) is 0.952. The van der Waals surface area contributed by atoms with E-state index in [1.807, 2.05) is 0 Å². The number of fused-ring (bicyclic) bond motifs is 5. The van der Waals surface area contributed by atoms with Gasteiger partial charge in [0.05, 0.1) is 0 Å². The van der Waals surface area contributed by atoms with Crippen molar-refractivity contribution in [2.24, 2.45) is 23.7 Å². The third-order valence-electron chi connectivity index (χ3n) is 8.43. The van der Waals surface area contributed by atoms with Crippen LogP contribution in [-0.4, -0.2) is 38.8 Å². The Kier molecular flexibility index (Phi) is 9.74. The van der Waals surface area contributed by atoms with Crippen LogP contribution >= 0.6 is 18.6 Å². The van der Waals surface area contributed by atoms with Crippen LogP contribution in [0.2, 0.25) is 18.6 Å². The summed E-state index contributed by atoms with van der Waals surface area (Å²) in [6, 6.07) is 1.82. The first kappa shape index (κ1) is 24.7. The summed E-state index contributed by atoms with van der Waals surface area (Å²) in [5.41, 5.74) is 0.938. The molecule has 1 aliphatic heterocycles. The molecule has 0 spiro atoms. The van der Waals surface area contributed by atoms with E-state index < -0.39 is 25.3 Å². The molecule has 6 heteroatoms. The van der Waals surface area contributed by atoms with E-state index in [9.17, 15) is 0 Å². The maximum atomic E-state index is 5.05. The molecular weight excluding hydrogens is 427 g/mol. The molecule has 0 aromatic carbocycles. The summed E-state index contributed by atoms with van der Waals surface area (Å²) in [6.45, 7) is 8.86. The van der Waals surface area contributed by atoms with Crippen molar-refractivity contribution in [1.29, 1.82) is 0 Å². The fourth-order valence-electron chi connectivity index (χ4n) is 7.61. The molecule has 4 fully saturated rings. The number of likely N-dealkylation sites (tertiary alicyclic amines) is 1. The zero-order chi connectivity index (χ0) is 18.9. The third-order valence-corrected chi connectivity index (χ3v) is 12.0. The van der Waals surface area contributed by atoms with E-state index in [-0.39, 0.29) is 7.43 Å². The molecule has 3 saturated carbocycles. The van der Waals surface area contributed by atoms with Crippen molar-refractivity contribution in [2.45, 2.75) is 89.0 Å². The Morgan fingerprint density at radius 3 is 2.04 bits per heavy atom. The summed E-state index contributed by atoms with van der Waals surface area (Å²) < 4.78 is 0. The number of nitrogens with zero attached hydrogens (tertiary/aromatic N) is 2. The summed E-state index contributed by atoms with van der Waals surface area (Å²) in [6.07, 6.45) is 12.1. The van der Waals surface area contributed by atoms with Crippen molar-refractivity contribution in [3.8, 4) is 0 Å². The summed E-state index contributed by atoms with van der Waals surface area (Å²) in [7, 11) is 10.4. The van der Waals surface area contributed by atoms with Gasteiger partial charge in [-0.3, -0.25) is 4.90 Å². The van der Waals surface area contributed by atoms with Gasteiger partial charge < -0.3 is 12.4 Å². The first-order chi connectivity index (χ1) is 12.5. The van der Waals surface area contributed by atoms with Crippen LogP contribution in [0.5, 0.6) is 0 Å². The first-order valence-electron chi connectivity index (χ1n) is 10.8. The van der Waals surface area contributed by atoms with Crippen LogP contribution < -0.4 is 0 Å². The molecule has 1 saturated heterocycles. The molecule has 7 atom stereocenters. The van der Waals surface area contributed by atoms with Crippen molar-refractivity contribution in [3.05, 3.63) is 12.4 Å². The molecule has 1 heterocycles. The molecule has 27 heavy (non-hydrogen) atoms. The van der Waals surface area contributed by atoms with E-state index in [1.54, 1.807) is 0 Å². The van der Waals surface area contributed by atoms with Gasteiger partial charge in [-0.1, -0.05) is 60.4 Å². The normalized spacial score (nSPS) is 40.7. The molecule has 0 aromatic rings. The Hall–Kier alpha value is 1.43. The summed E-state index contributed by atoms with van der Waals surface area (Å²) in [4.78, 5) is 8.06. The van der Waals surface area contributed by atoms with Gasteiger partial charge in [-0.2, -0.15) is 7.05 Å². The molecule has 0 N–H and O–H groups in total. The summed E-state index contributed by atoms with van der Waals surface area (Å²) in [5.74, 6) is 4.13. The van der Waals surface area contributed by atoms with Crippen LogP contribution in [0.4, 0.5) is 0 Å². The van der Waals surface area contributed by atoms with Crippen molar-refractivity contribution < 1.29 is 17.0 Å².